The molecule has 152 valence electrons. The van der Waals surface area contributed by atoms with Crippen molar-refractivity contribution < 1.29 is 4.79 Å². The summed E-state index contributed by atoms with van der Waals surface area (Å²) in [6.07, 6.45) is 2.65. The van der Waals surface area contributed by atoms with Gasteiger partial charge >= 0.3 is 0 Å². The first-order chi connectivity index (χ1) is 14.7. The van der Waals surface area contributed by atoms with Crippen LogP contribution in [0, 0.1) is 0 Å². The van der Waals surface area contributed by atoms with Crippen LogP contribution in [0.15, 0.2) is 83.6 Å². The molecule has 0 aliphatic carbocycles. The summed E-state index contributed by atoms with van der Waals surface area (Å²) in [6.45, 7) is 2.68. The second-order valence-electron chi connectivity index (χ2n) is 6.80. The fraction of sp³-hybridized carbons (Fsp3) is 0.174. The number of anilines is 1. The van der Waals surface area contributed by atoms with Gasteiger partial charge in [0.15, 0.2) is 5.16 Å². The van der Waals surface area contributed by atoms with E-state index in [1.54, 1.807) is 17.7 Å². The second-order valence-corrected chi connectivity index (χ2v) is 9.14. The maximum absolute atomic E-state index is 12.9. The van der Waals surface area contributed by atoms with Gasteiger partial charge in [-0.3, -0.25) is 4.79 Å². The van der Waals surface area contributed by atoms with E-state index in [1.807, 2.05) is 66.1 Å². The van der Waals surface area contributed by atoms with E-state index >= 15 is 0 Å². The number of benzene rings is 2. The number of aryl methyl sites for hydroxylation is 2. The van der Waals surface area contributed by atoms with Gasteiger partial charge in [0.1, 0.15) is 6.33 Å². The Bertz CT molecular complexity index is 1090. The largest absolute Gasteiger partial charge is 0.325 e. The lowest BCUT2D eigenvalue weighted by Gasteiger charge is -2.15. The Morgan fingerprint density at radius 1 is 1.10 bits per heavy atom. The summed E-state index contributed by atoms with van der Waals surface area (Å²) in [5.74, 6) is -0.0591. The van der Waals surface area contributed by atoms with Gasteiger partial charge in [-0.15, -0.1) is 21.5 Å². The summed E-state index contributed by atoms with van der Waals surface area (Å²) in [5, 5.41) is 13.9. The molecule has 30 heavy (non-hydrogen) atoms. The highest BCUT2D eigenvalue weighted by Crippen LogP contribution is 2.29. The molecule has 2 aromatic carbocycles. The van der Waals surface area contributed by atoms with Gasteiger partial charge in [-0.1, -0.05) is 66.4 Å². The minimum absolute atomic E-state index is 0.0591. The topological polar surface area (TPSA) is 59.8 Å². The third-order valence-corrected chi connectivity index (χ3v) is 6.71. The Morgan fingerprint density at radius 3 is 2.70 bits per heavy atom. The highest BCUT2D eigenvalue weighted by atomic mass is 32.2. The van der Waals surface area contributed by atoms with Crippen molar-refractivity contribution in [3.8, 4) is 11.1 Å². The Labute approximate surface area is 184 Å². The van der Waals surface area contributed by atoms with Crippen molar-refractivity contribution in [1.82, 2.24) is 14.8 Å². The average Bonchev–Trinajstić information content (AvgIpc) is 3.45. The van der Waals surface area contributed by atoms with Gasteiger partial charge in [0.05, 0.1) is 5.25 Å². The molecule has 2 aromatic heterocycles. The summed E-state index contributed by atoms with van der Waals surface area (Å²) in [6, 6.07) is 22.1. The van der Waals surface area contributed by atoms with Gasteiger partial charge < -0.3 is 9.88 Å². The molecule has 4 aromatic rings. The molecule has 0 fully saturated rings. The molecule has 1 unspecified atom stereocenters. The molecule has 2 heterocycles. The van der Waals surface area contributed by atoms with Gasteiger partial charge in [-0.2, -0.15) is 0 Å². The van der Waals surface area contributed by atoms with Crippen LogP contribution >= 0.6 is 23.1 Å². The number of nitrogens with zero attached hydrogens (tertiary/aromatic N) is 3. The number of hydrogen-bond acceptors (Lipinski definition) is 5. The van der Waals surface area contributed by atoms with E-state index in [0.717, 1.165) is 34.9 Å². The van der Waals surface area contributed by atoms with Gasteiger partial charge in [0.2, 0.25) is 5.91 Å². The summed E-state index contributed by atoms with van der Waals surface area (Å²) >= 11 is 3.17. The van der Waals surface area contributed by atoms with Crippen LogP contribution in [0.3, 0.4) is 0 Å². The molecule has 0 bridgehead atoms. The van der Waals surface area contributed by atoms with Gasteiger partial charge in [-0.05, 0) is 36.4 Å². The number of carbonyl (C=O) groups excluding carboxylic acids is 1. The number of amides is 1. The fourth-order valence-corrected chi connectivity index (χ4v) is 4.63. The summed E-state index contributed by atoms with van der Waals surface area (Å²) in [5.41, 5.74) is 2.88. The highest BCUT2D eigenvalue weighted by Gasteiger charge is 2.19. The van der Waals surface area contributed by atoms with Crippen molar-refractivity contribution in [2.45, 2.75) is 30.3 Å². The molecule has 7 heteroatoms. The molecule has 1 amide bonds. The van der Waals surface area contributed by atoms with Gasteiger partial charge in [-0.25, -0.2) is 0 Å². The molecule has 0 aliphatic rings. The lowest BCUT2D eigenvalue weighted by atomic mass is 10.0. The number of nitrogens with one attached hydrogen (secondary N) is 1. The summed E-state index contributed by atoms with van der Waals surface area (Å²) in [4.78, 5) is 14.2. The van der Waals surface area contributed by atoms with Crippen LogP contribution in [-0.2, 0) is 17.8 Å². The predicted molar refractivity (Wildman–Crippen MR) is 124 cm³/mol. The predicted octanol–water partition coefficient (Wildman–Crippen LogP) is 5.37. The van der Waals surface area contributed by atoms with Crippen LogP contribution in [0.1, 0.15) is 11.8 Å². The number of thioether (sulfide) groups is 1. The number of hydrogen-bond donors (Lipinski definition) is 1. The van der Waals surface area contributed by atoms with E-state index in [0.29, 0.717) is 0 Å². The first-order valence-electron chi connectivity index (χ1n) is 9.73. The van der Waals surface area contributed by atoms with E-state index < -0.39 is 0 Å². The minimum Gasteiger partial charge on any atom is -0.325 e. The van der Waals surface area contributed by atoms with Crippen LogP contribution in [0.25, 0.3) is 11.1 Å². The molecular formula is C23H22N4OS2. The molecule has 1 N–H and O–H groups in total. The van der Waals surface area contributed by atoms with E-state index in [-0.39, 0.29) is 11.2 Å². The zero-order chi connectivity index (χ0) is 20.8. The third-order valence-electron chi connectivity index (χ3n) is 4.68. The van der Waals surface area contributed by atoms with Crippen molar-refractivity contribution in [2.75, 3.05) is 5.32 Å². The van der Waals surface area contributed by atoms with E-state index in [9.17, 15) is 4.79 Å². The second kappa shape index (κ2) is 9.73. The zero-order valence-corrected chi connectivity index (χ0v) is 18.2. The van der Waals surface area contributed by atoms with Crippen LogP contribution in [0.4, 0.5) is 5.69 Å². The fourth-order valence-electron chi connectivity index (χ4n) is 3.08. The van der Waals surface area contributed by atoms with Crippen molar-refractivity contribution in [3.05, 3.63) is 83.3 Å². The number of thiophene rings is 1. The SMILES string of the molecule is CC(Sc1nncn1CCc1cccs1)C(=O)Nc1ccccc1-c1ccccc1. The Hall–Kier alpha value is -2.90. The Balaban J connectivity index is 1.42. The number of aromatic nitrogens is 3. The number of rotatable bonds is 8. The first kappa shape index (κ1) is 20.4. The van der Waals surface area contributed by atoms with Gasteiger partial charge in [0.25, 0.3) is 0 Å². The summed E-state index contributed by atoms with van der Waals surface area (Å²) < 4.78 is 2.01. The van der Waals surface area contributed by atoms with Crippen LogP contribution in [0.5, 0.6) is 0 Å². The monoisotopic (exact) mass is 434 g/mol. The van der Waals surface area contributed by atoms with Gasteiger partial charge in [0, 0.05) is 22.7 Å². The molecule has 1 atom stereocenters. The highest BCUT2D eigenvalue weighted by molar-refractivity contribution is 8.00. The molecule has 0 aliphatic heterocycles. The molecule has 0 saturated heterocycles. The first-order valence-corrected chi connectivity index (χ1v) is 11.5. The normalized spacial score (nSPS) is 11.9. The Kier molecular flexibility index (Phi) is 6.61. The molecular weight excluding hydrogens is 412 g/mol. The maximum Gasteiger partial charge on any atom is 0.237 e. The van der Waals surface area contributed by atoms with E-state index in [4.69, 9.17) is 0 Å². The van der Waals surface area contributed by atoms with E-state index in [1.165, 1.54) is 16.6 Å². The van der Waals surface area contributed by atoms with Crippen molar-refractivity contribution in [1.29, 1.82) is 0 Å². The quantitative estimate of drug-likeness (QED) is 0.379. The van der Waals surface area contributed by atoms with Crippen molar-refractivity contribution >= 4 is 34.7 Å². The molecule has 0 spiro atoms. The number of carbonyl (C=O) groups is 1. The lowest BCUT2D eigenvalue weighted by Crippen LogP contribution is -2.23. The molecule has 0 saturated carbocycles. The smallest absolute Gasteiger partial charge is 0.237 e. The van der Waals surface area contributed by atoms with Crippen molar-refractivity contribution in [2.24, 2.45) is 0 Å². The maximum atomic E-state index is 12.9. The standard InChI is InChI=1S/C23H22N4OS2/c1-17(30-23-26-24-16-27(23)14-13-19-10-7-15-29-19)22(28)25-21-12-6-5-11-20(21)18-8-3-2-4-9-18/h2-12,15-17H,13-14H2,1H3,(H,25,28). The third kappa shape index (κ3) is 4.98. The van der Waals surface area contributed by atoms with Crippen LogP contribution < -0.4 is 5.32 Å². The molecule has 0 radical (unpaired) electrons. The minimum atomic E-state index is -0.307. The number of para-hydroxylation sites is 1. The molecule has 4 rings (SSSR count). The average molecular weight is 435 g/mol. The summed E-state index contributed by atoms with van der Waals surface area (Å²) in [7, 11) is 0. The Morgan fingerprint density at radius 2 is 1.90 bits per heavy atom. The van der Waals surface area contributed by atoms with E-state index in [2.05, 4.69) is 33.0 Å². The lowest BCUT2D eigenvalue weighted by molar-refractivity contribution is -0.115. The zero-order valence-electron chi connectivity index (χ0n) is 16.6. The van der Waals surface area contributed by atoms with Crippen molar-refractivity contribution in [3.63, 3.8) is 0 Å². The van der Waals surface area contributed by atoms with Crippen LogP contribution in [-0.4, -0.2) is 25.9 Å². The van der Waals surface area contributed by atoms with Crippen LogP contribution in [0.2, 0.25) is 0 Å². The molecule has 5 nitrogen and oxygen atoms in total.